The quantitative estimate of drug-likeness (QED) is 0.113. The van der Waals surface area contributed by atoms with Crippen LogP contribution in [0.15, 0.2) is 130 Å². The first-order chi connectivity index (χ1) is 27.3. The van der Waals surface area contributed by atoms with Crippen molar-refractivity contribution in [3.63, 3.8) is 0 Å². The van der Waals surface area contributed by atoms with Gasteiger partial charge in [0, 0.05) is 63.4 Å². The summed E-state index contributed by atoms with van der Waals surface area (Å²) < 4.78 is 31.3. The summed E-state index contributed by atoms with van der Waals surface area (Å²) in [6.45, 7) is 15.5. The average Bonchev–Trinajstić information content (AvgIpc) is 3.90. The molecule has 4 heterocycles. The zero-order valence-corrected chi connectivity index (χ0v) is 36.3. The van der Waals surface area contributed by atoms with E-state index in [0.29, 0.717) is 28.5 Å². The van der Waals surface area contributed by atoms with Gasteiger partial charge < -0.3 is 18.4 Å². The summed E-state index contributed by atoms with van der Waals surface area (Å²) >= 11 is 0. The molecule has 1 radical (unpaired) electrons. The minimum absolute atomic E-state index is 0. The summed E-state index contributed by atoms with van der Waals surface area (Å²) in [5.74, 6) is 1.17. The van der Waals surface area contributed by atoms with Crippen LogP contribution in [0.3, 0.4) is 0 Å². The van der Waals surface area contributed by atoms with Gasteiger partial charge in [-0.15, -0.1) is 35.9 Å². The molecule has 0 bridgehead atoms. The number of pyridine rings is 1. The molecule has 5 nitrogen and oxygen atoms in total. The Hall–Kier alpha value is -5.07. The largest absolute Gasteiger partial charge is 0.557 e. The molecule has 285 valence electrons. The number of hydrogen-bond donors (Lipinski definition) is 0. The van der Waals surface area contributed by atoms with Gasteiger partial charge in [0.1, 0.15) is 11.2 Å². The number of hydrogen-bond acceptors (Lipinski definition) is 4. The number of para-hydroxylation sites is 3. The second kappa shape index (κ2) is 16.2. The topological polar surface area (TPSA) is 57.0 Å². The van der Waals surface area contributed by atoms with Gasteiger partial charge in [0.2, 0.25) is 0 Å². The van der Waals surface area contributed by atoms with Gasteiger partial charge in [-0.25, -0.2) is 0 Å². The second-order valence-electron chi connectivity index (χ2n) is 16.0. The number of nitrogens with zero attached hydrogens (tertiary/aromatic N) is 3. The molecule has 0 atom stereocenters. The van der Waals surface area contributed by atoms with Crippen molar-refractivity contribution in [3.05, 3.63) is 145 Å². The minimum Gasteiger partial charge on any atom is -0.557 e. The summed E-state index contributed by atoms with van der Waals surface area (Å²) in [6, 6.07) is 41.3. The van der Waals surface area contributed by atoms with Gasteiger partial charge in [-0.3, -0.25) is 4.98 Å². The van der Waals surface area contributed by atoms with Gasteiger partial charge in [0.15, 0.2) is 0 Å². The van der Waals surface area contributed by atoms with Crippen molar-refractivity contribution in [1.29, 1.82) is 0 Å². The molecule has 0 saturated heterocycles. The van der Waals surface area contributed by atoms with Crippen molar-refractivity contribution in [2.24, 2.45) is 11.8 Å². The third-order valence-electron chi connectivity index (χ3n) is 9.78. The Labute approximate surface area is 347 Å². The number of fused-ring (bicyclic) bond motifs is 5. The van der Waals surface area contributed by atoms with Gasteiger partial charge in [-0.05, 0) is 65.8 Å². The van der Waals surface area contributed by atoms with Crippen molar-refractivity contribution in [2.75, 3.05) is 0 Å². The normalized spacial score (nSPS) is 12.6. The van der Waals surface area contributed by atoms with Crippen LogP contribution in [0.2, 0.25) is 19.6 Å². The van der Waals surface area contributed by atoms with Crippen LogP contribution >= 0.6 is 0 Å². The maximum Gasteiger partial charge on any atom is 0.137 e. The van der Waals surface area contributed by atoms with Crippen molar-refractivity contribution in [3.8, 4) is 28.3 Å². The average molecular weight is 932 g/mol. The van der Waals surface area contributed by atoms with Gasteiger partial charge in [0.25, 0.3) is 0 Å². The standard InChI is InChI=1S/C31H23N2O2.C18H24NSi.Ir/c1-19(2)15-20-11-14-28-24(16-20)25(18-34-28)31-32-26-8-4-5-9-27(26)33(31)21-12-13-23-22-7-3-6-10-29(22)35-30(23)17-21;1-14(2)11-16-12-17(15-9-7-6-8-10-15)19-13-18(16)20(3,4)5;/h3-14,16-17,19H,15H2,1-2H3;6-9,12-14H,11H2,1-5H3;/q2*-1;/i15D2;;. The van der Waals surface area contributed by atoms with Crippen LogP contribution in [0, 0.1) is 24.2 Å². The van der Waals surface area contributed by atoms with E-state index >= 15 is 0 Å². The van der Waals surface area contributed by atoms with Crippen LogP contribution in [0.4, 0.5) is 0 Å². The smallest absolute Gasteiger partial charge is 0.137 e. The molecule has 0 aliphatic heterocycles. The maximum atomic E-state index is 8.61. The van der Waals surface area contributed by atoms with E-state index in [1.807, 2.05) is 92.7 Å². The van der Waals surface area contributed by atoms with Gasteiger partial charge in [-0.1, -0.05) is 124 Å². The molecule has 5 aromatic carbocycles. The Morgan fingerprint density at radius 1 is 0.768 bits per heavy atom. The molecular weight excluding hydrogens is 883 g/mol. The van der Waals surface area contributed by atoms with Gasteiger partial charge in [0.05, 0.1) is 24.9 Å². The molecule has 9 rings (SSSR count). The third kappa shape index (κ3) is 7.95. The number of benzene rings is 5. The van der Waals surface area contributed by atoms with E-state index in [0.717, 1.165) is 61.7 Å². The number of furan rings is 2. The Bertz CT molecular complexity index is 2870. The number of imidazole rings is 1. The zero-order valence-electron chi connectivity index (χ0n) is 34.9. The molecule has 56 heavy (non-hydrogen) atoms. The molecule has 0 unspecified atom stereocenters. The van der Waals surface area contributed by atoms with Crippen molar-refractivity contribution in [2.45, 2.75) is 60.1 Å². The van der Waals surface area contributed by atoms with Crippen LogP contribution in [-0.2, 0) is 32.9 Å². The molecule has 7 heteroatoms. The fourth-order valence-electron chi connectivity index (χ4n) is 7.35. The molecule has 0 fully saturated rings. The van der Waals surface area contributed by atoms with E-state index in [2.05, 4.69) is 91.9 Å². The molecule has 0 spiro atoms. The third-order valence-corrected chi connectivity index (χ3v) is 11.8. The van der Waals surface area contributed by atoms with Crippen LogP contribution in [0.1, 0.15) is 41.6 Å². The Morgan fingerprint density at radius 3 is 2.30 bits per heavy atom. The fourth-order valence-corrected chi connectivity index (χ4v) is 8.94. The van der Waals surface area contributed by atoms with E-state index in [9.17, 15) is 0 Å². The van der Waals surface area contributed by atoms with E-state index in [1.165, 1.54) is 10.8 Å². The molecule has 4 aromatic heterocycles. The summed E-state index contributed by atoms with van der Waals surface area (Å²) in [7, 11) is -1.34. The molecule has 0 N–H and O–H groups in total. The van der Waals surface area contributed by atoms with Crippen LogP contribution in [0.5, 0.6) is 0 Å². The maximum absolute atomic E-state index is 8.61. The van der Waals surface area contributed by atoms with E-state index in [1.54, 1.807) is 6.07 Å². The second-order valence-corrected chi connectivity index (χ2v) is 21.0. The molecule has 0 saturated carbocycles. The molecule has 0 aliphatic rings. The SMILES string of the molecule is CC(C)Cc1cc(-c2[c-]cccc2)ncc1[Si](C)(C)C.[2H]C([2H])(c1ccc2o[c-]c(-c3nc4ccccc4n3-c3ccc4c(c3)oc3ccccc34)c2c1)C(C)C.[Ir]. The minimum atomic E-state index is -1.48. The van der Waals surface area contributed by atoms with E-state index in [-0.39, 0.29) is 26.0 Å². The molecular formula is C49H47IrN3O2Si-2. The van der Waals surface area contributed by atoms with Gasteiger partial charge >= 0.3 is 0 Å². The first kappa shape index (κ1) is 36.6. The predicted molar refractivity (Wildman–Crippen MR) is 231 cm³/mol. The zero-order chi connectivity index (χ0) is 40.1. The Kier molecular flexibility index (Phi) is 10.6. The van der Waals surface area contributed by atoms with Crippen molar-refractivity contribution < 1.29 is 31.7 Å². The molecule has 9 aromatic rings. The van der Waals surface area contributed by atoms with Crippen molar-refractivity contribution in [1.82, 2.24) is 14.5 Å². The van der Waals surface area contributed by atoms with E-state index in [4.69, 9.17) is 16.6 Å². The Balaban J connectivity index is 0.000000208. The fraction of sp³-hybridized carbons (Fsp3) is 0.224. The number of aromatic nitrogens is 3. The van der Waals surface area contributed by atoms with Crippen LogP contribution < -0.4 is 5.19 Å². The van der Waals surface area contributed by atoms with E-state index < -0.39 is 14.4 Å². The van der Waals surface area contributed by atoms with Crippen LogP contribution in [0.25, 0.3) is 72.3 Å². The molecule has 0 aliphatic carbocycles. The number of rotatable bonds is 8. The first-order valence-electron chi connectivity index (χ1n) is 20.1. The van der Waals surface area contributed by atoms with Crippen LogP contribution in [-0.4, -0.2) is 22.6 Å². The first-order valence-corrected chi connectivity index (χ1v) is 22.6. The van der Waals surface area contributed by atoms with Gasteiger partial charge in [-0.2, -0.15) is 0 Å². The summed E-state index contributed by atoms with van der Waals surface area (Å²) in [4.78, 5) is 9.67. The summed E-state index contributed by atoms with van der Waals surface area (Å²) in [5.41, 5.74) is 9.90. The summed E-state index contributed by atoms with van der Waals surface area (Å²) in [5, 5.41) is 4.42. The predicted octanol–water partition coefficient (Wildman–Crippen LogP) is 12.6. The summed E-state index contributed by atoms with van der Waals surface area (Å²) in [6.07, 6.45) is 4.82. The molecule has 0 amide bonds. The van der Waals surface area contributed by atoms with Crippen molar-refractivity contribution >= 4 is 57.2 Å². The Morgan fingerprint density at radius 2 is 1.54 bits per heavy atom. The monoisotopic (exact) mass is 932 g/mol.